The second-order valence-electron chi connectivity index (χ2n) is 7.58. The van der Waals surface area contributed by atoms with E-state index in [4.69, 9.17) is 9.47 Å². The molecule has 0 N–H and O–H groups in total. The zero-order chi connectivity index (χ0) is 22.6. The van der Waals surface area contributed by atoms with Crippen molar-refractivity contribution in [2.24, 2.45) is 0 Å². The van der Waals surface area contributed by atoms with Crippen LogP contribution in [0.4, 0.5) is 5.13 Å². The van der Waals surface area contributed by atoms with E-state index >= 15 is 0 Å². The lowest BCUT2D eigenvalue weighted by atomic mass is 10.2. The minimum atomic E-state index is -3.55. The van der Waals surface area contributed by atoms with Crippen molar-refractivity contribution in [2.75, 3.05) is 30.4 Å². The largest absolute Gasteiger partial charge is 0.494 e. The SMILES string of the molecule is CCOc1ccc2nc(N(CC3CCCO3)C(=O)CCS(=O)(=O)c3ccccc3)sc2c1. The van der Waals surface area contributed by atoms with Crippen molar-refractivity contribution in [1.82, 2.24) is 4.98 Å². The number of carbonyl (C=O) groups excluding carboxylic acids is 1. The maximum absolute atomic E-state index is 13.2. The van der Waals surface area contributed by atoms with Gasteiger partial charge in [-0.3, -0.25) is 9.69 Å². The van der Waals surface area contributed by atoms with Crippen molar-refractivity contribution >= 4 is 42.4 Å². The molecule has 1 amide bonds. The Balaban J connectivity index is 1.56. The molecule has 1 aromatic heterocycles. The van der Waals surface area contributed by atoms with Gasteiger partial charge in [0, 0.05) is 13.0 Å². The average Bonchev–Trinajstić information content (AvgIpc) is 3.46. The first-order chi connectivity index (χ1) is 15.5. The number of sulfone groups is 1. The van der Waals surface area contributed by atoms with Crippen LogP contribution < -0.4 is 9.64 Å². The summed E-state index contributed by atoms with van der Waals surface area (Å²) in [6.07, 6.45) is 1.62. The van der Waals surface area contributed by atoms with E-state index in [1.807, 2.05) is 25.1 Å². The van der Waals surface area contributed by atoms with Gasteiger partial charge in [0.25, 0.3) is 0 Å². The number of nitrogens with zero attached hydrogens (tertiary/aromatic N) is 2. The molecule has 4 rings (SSSR count). The topological polar surface area (TPSA) is 85.8 Å². The molecule has 0 saturated carbocycles. The fourth-order valence-corrected chi connectivity index (χ4v) is 5.92. The van der Waals surface area contributed by atoms with Crippen molar-refractivity contribution in [3.05, 3.63) is 48.5 Å². The van der Waals surface area contributed by atoms with Gasteiger partial charge in [-0.1, -0.05) is 29.5 Å². The highest BCUT2D eigenvalue weighted by atomic mass is 32.2. The maximum atomic E-state index is 13.2. The summed E-state index contributed by atoms with van der Waals surface area (Å²) in [7, 11) is -3.55. The molecule has 1 saturated heterocycles. The van der Waals surface area contributed by atoms with Gasteiger partial charge in [0.15, 0.2) is 15.0 Å². The van der Waals surface area contributed by atoms with Crippen LogP contribution in [0.15, 0.2) is 53.4 Å². The molecule has 1 aliphatic rings. The van der Waals surface area contributed by atoms with E-state index in [2.05, 4.69) is 4.98 Å². The number of rotatable bonds is 9. The lowest BCUT2D eigenvalue weighted by Gasteiger charge is -2.23. The molecule has 1 atom stereocenters. The summed E-state index contributed by atoms with van der Waals surface area (Å²) in [5.74, 6) is 0.224. The smallest absolute Gasteiger partial charge is 0.229 e. The number of hydrogen-bond acceptors (Lipinski definition) is 7. The Kier molecular flexibility index (Phi) is 7.07. The standard InChI is InChI=1S/C23H26N2O5S2/c1-2-29-17-10-11-20-21(15-17)31-23(24-20)25(16-18-7-6-13-30-18)22(26)12-14-32(27,28)19-8-4-3-5-9-19/h3-5,8-11,15,18H,2,6-7,12-14,16H2,1H3. The predicted octanol–water partition coefficient (Wildman–Crippen LogP) is 4.07. The number of hydrogen-bond donors (Lipinski definition) is 0. The van der Waals surface area contributed by atoms with Gasteiger partial charge in [-0.05, 0) is 50.1 Å². The van der Waals surface area contributed by atoms with E-state index in [1.54, 1.807) is 35.2 Å². The molecule has 170 valence electrons. The highest BCUT2D eigenvalue weighted by Gasteiger charge is 2.27. The molecule has 2 aromatic carbocycles. The van der Waals surface area contributed by atoms with Crippen molar-refractivity contribution < 1.29 is 22.7 Å². The molecule has 3 aromatic rings. The Morgan fingerprint density at radius 3 is 2.78 bits per heavy atom. The molecule has 0 aliphatic carbocycles. The molecule has 1 aliphatic heterocycles. The molecule has 7 nitrogen and oxygen atoms in total. The van der Waals surface area contributed by atoms with E-state index < -0.39 is 9.84 Å². The lowest BCUT2D eigenvalue weighted by molar-refractivity contribution is -0.118. The fourth-order valence-electron chi connectivity index (χ4n) is 3.65. The molecule has 0 bridgehead atoms. The monoisotopic (exact) mass is 474 g/mol. The van der Waals surface area contributed by atoms with Crippen LogP contribution in [-0.2, 0) is 19.4 Å². The maximum Gasteiger partial charge on any atom is 0.229 e. The van der Waals surface area contributed by atoms with Gasteiger partial charge in [-0.25, -0.2) is 13.4 Å². The number of carbonyl (C=O) groups is 1. The Labute approximate surface area is 191 Å². The van der Waals surface area contributed by atoms with Crippen molar-refractivity contribution in [3.8, 4) is 5.75 Å². The summed E-state index contributed by atoms with van der Waals surface area (Å²) in [6.45, 7) is 3.53. The molecule has 0 radical (unpaired) electrons. The molecule has 1 fully saturated rings. The molecule has 9 heteroatoms. The van der Waals surface area contributed by atoms with E-state index in [0.717, 1.165) is 28.8 Å². The summed E-state index contributed by atoms with van der Waals surface area (Å²) in [5, 5.41) is 0.547. The minimum absolute atomic E-state index is 0.0734. The second-order valence-corrected chi connectivity index (χ2v) is 10.7. The number of amides is 1. The summed E-state index contributed by atoms with van der Waals surface area (Å²) in [5.41, 5.74) is 0.774. The van der Waals surface area contributed by atoms with E-state index in [9.17, 15) is 13.2 Å². The third kappa shape index (κ3) is 5.28. The Morgan fingerprint density at radius 1 is 1.25 bits per heavy atom. The molecule has 1 unspecified atom stereocenters. The van der Waals surface area contributed by atoms with E-state index in [1.165, 1.54) is 11.3 Å². The fraction of sp³-hybridized carbons (Fsp3) is 0.391. The van der Waals surface area contributed by atoms with Crippen LogP contribution in [0.25, 0.3) is 10.2 Å². The van der Waals surface area contributed by atoms with Gasteiger partial charge in [0.1, 0.15) is 5.75 Å². The molecular weight excluding hydrogens is 448 g/mol. The number of anilines is 1. The van der Waals surface area contributed by atoms with Crippen molar-refractivity contribution in [1.29, 1.82) is 0 Å². The Bertz CT molecular complexity index is 1170. The van der Waals surface area contributed by atoms with Crippen molar-refractivity contribution in [3.63, 3.8) is 0 Å². The predicted molar refractivity (Wildman–Crippen MR) is 125 cm³/mol. The van der Waals surface area contributed by atoms with Crippen LogP contribution in [0.1, 0.15) is 26.2 Å². The van der Waals surface area contributed by atoms with Crippen LogP contribution in [0.5, 0.6) is 5.75 Å². The third-order valence-corrected chi connectivity index (χ3v) is 8.06. The highest BCUT2D eigenvalue weighted by Crippen LogP contribution is 2.32. The summed E-state index contributed by atoms with van der Waals surface area (Å²) in [6, 6.07) is 13.8. The zero-order valence-corrected chi connectivity index (χ0v) is 19.5. The lowest BCUT2D eigenvalue weighted by Crippen LogP contribution is -2.38. The first-order valence-electron chi connectivity index (χ1n) is 10.7. The molecule has 32 heavy (non-hydrogen) atoms. The first kappa shape index (κ1) is 22.7. The first-order valence-corrected chi connectivity index (χ1v) is 13.2. The third-order valence-electron chi connectivity index (χ3n) is 5.29. The average molecular weight is 475 g/mol. The van der Waals surface area contributed by atoms with Gasteiger partial charge >= 0.3 is 0 Å². The second kappa shape index (κ2) is 9.97. The molecular formula is C23H26N2O5S2. The van der Waals surface area contributed by atoms with Gasteiger partial charge < -0.3 is 9.47 Å². The number of aromatic nitrogens is 1. The Morgan fingerprint density at radius 2 is 2.06 bits per heavy atom. The molecule has 0 spiro atoms. The number of thiazole rings is 1. The van der Waals surface area contributed by atoms with E-state index in [-0.39, 0.29) is 29.1 Å². The summed E-state index contributed by atoms with van der Waals surface area (Å²) >= 11 is 1.40. The summed E-state index contributed by atoms with van der Waals surface area (Å²) < 4.78 is 37.5. The zero-order valence-electron chi connectivity index (χ0n) is 17.9. The number of fused-ring (bicyclic) bond motifs is 1. The summed E-state index contributed by atoms with van der Waals surface area (Å²) in [4.78, 5) is 19.7. The van der Waals surface area contributed by atoms with Crippen LogP contribution >= 0.6 is 11.3 Å². The molecule has 2 heterocycles. The highest BCUT2D eigenvalue weighted by molar-refractivity contribution is 7.91. The quantitative estimate of drug-likeness (QED) is 0.465. The van der Waals surface area contributed by atoms with Gasteiger partial charge in [-0.2, -0.15) is 0 Å². The van der Waals surface area contributed by atoms with Crippen LogP contribution in [0, 0.1) is 0 Å². The Hall–Kier alpha value is -2.49. The van der Waals surface area contributed by atoms with Crippen LogP contribution in [0.3, 0.4) is 0 Å². The van der Waals surface area contributed by atoms with Crippen molar-refractivity contribution in [2.45, 2.75) is 37.2 Å². The minimum Gasteiger partial charge on any atom is -0.494 e. The van der Waals surface area contributed by atoms with Gasteiger partial charge in [-0.15, -0.1) is 0 Å². The number of benzene rings is 2. The normalized spacial score (nSPS) is 16.3. The van der Waals surface area contributed by atoms with E-state index in [0.29, 0.717) is 24.9 Å². The van der Waals surface area contributed by atoms with Crippen LogP contribution in [0.2, 0.25) is 0 Å². The van der Waals surface area contributed by atoms with Gasteiger partial charge in [0.2, 0.25) is 5.91 Å². The van der Waals surface area contributed by atoms with Crippen LogP contribution in [-0.4, -0.2) is 50.9 Å². The van der Waals surface area contributed by atoms with Gasteiger partial charge in [0.05, 0.1) is 40.1 Å². The number of ether oxygens (including phenoxy) is 2.